The van der Waals surface area contributed by atoms with Crippen LogP contribution < -0.4 is 5.32 Å². The third-order valence-electron chi connectivity index (χ3n) is 3.01. The number of aromatic nitrogens is 3. The van der Waals surface area contributed by atoms with Crippen LogP contribution in [0.3, 0.4) is 0 Å². The number of methoxy groups -OCH3 is 1. The maximum atomic E-state index is 11.3. The molecular formula is C13H15BrN4O2. The van der Waals surface area contributed by atoms with E-state index in [1.807, 2.05) is 25.2 Å². The van der Waals surface area contributed by atoms with Gasteiger partial charge in [-0.3, -0.25) is 0 Å². The molecule has 6 nitrogen and oxygen atoms in total. The highest BCUT2D eigenvalue weighted by atomic mass is 79.9. The molecule has 0 saturated carbocycles. The Morgan fingerprint density at radius 3 is 2.85 bits per heavy atom. The van der Waals surface area contributed by atoms with Crippen molar-refractivity contribution < 1.29 is 9.53 Å². The van der Waals surface area contributed by atoms with Crippen molar-refractivity contribution in [1.29, 1.82) is 0 Å². The molecule has 0 amide bonds. The van der Waals surface area contributed by atoms with E-state index in [0.717, 1.165) is 15.7 Å². The molecule has 1 aromatic heterocycles. The SMILES string of the molecule is CNC(C)c1ccc(-n2cnc(C(=O)OC)n2)c(Br)c1. The Kier molecular flexibility index (Phi) is 4.51. The lowest BCUT2D eigenvalue weighted by Crippen LogP contribution is -2.12. The van der Waals surface area contributed by atoms with E-state index in [0.29, 0.717) is 0 Å². The molecule has 1 heterocycles. The third-order valence-corrected chi connectivity index (χ3v) is 3.65. The first-order valence-electron chi connectivity index (χ1n) is 6.04. The maximum absolute atomic E-state index is 11.3. The summed E-state index contributed by atoms with van der Waals surface area (Å²) < 4.78 is 6.99. The molecule has 106 valence electrons. The lowest BCUT2D eigenvalue weighted by molar-refractivity contribution is 0.0587. The fourth-order valence-electron chi connectivity index (χ4n) is 1.71. The van der Waals surface area contributed by atoms with Crippen LogP contribution in [0, 0.1) is 0 Å². The Bertz CT molecular complexity index is 627. The van der Waals surface area contributed by atoms with Crippen LogP contribution in [0.25, 0.3) is 5.69 Å². The van der Waals surface area contributed by atoms with Gasteiger partial charge in [0, 0.05) is 10.5 Å². The Hall–Kier alpha value is -1.73. The smallest absolute Gasteiger partial charge is 0.377 e. The van der Waals surface area contributed by atoms with Gasteiger partial charge in [0.1, 0.15) is 6.33 Å². The van der Waals surface area contributed by atoms with Gasteiger partial charge in [-0.15, -0.1) is 5.10 Å². The zero-order chi connectivity index (χ0) is 14.7. The molecule has 20 heavy (non-hydrogen) atoms. The third kappa shape index (κ3) is 2.88. The first-order valence-corrected chi connectivity index (χ1v) is 6.83. The highest BCUT2D eigenvalue weighted by molar-refractivity contribution is 9.10. The number of carbonyl (C=O) groups excluding carboxylic acids is 1. The van der Waals surface area contributed by atoms with Gasteiger partial charge in [-0.2, -0.15) is 0 Å². The normalized spacial score (nSPS) is 12.2. The molecule has 0 fully saturated rings. The summed E-state index contributed by atoms with van der Waals surface area (Å²) >= 11 is 3.51. The van der Waals surface area contributed by atoms with Gasteiger partial charge in [0.2, 0.25) is 0 Å². The molecule has 1 N–H and O–H groups in total. The second-order valence-electron chi connectivity index (χ2n) is 4.23. The highest BCUT2D eigenvalue weighted by Gasteiger charge is 2.14. The van der Waals surface area contributed by atoms with Gasteiger partial charge in [0.15, 0.2) is 0 Å². The van der Waals surface area contributed by atoms with Crippen molar-refractivity contribution in [2.24, 2.45) is 0 Å². The number of nitrogens with one attached hydrogen (secondary N) is 1. The summed E-state index contributed by atoms with van der Waals surface area (Å²) in [6.45, 7) is 2.08. The molecule has 7 heteroatoms. The van der Waals surface area contributed by atoms with Gasteiger partial charge in [-0.1, -0.05) is 6.07 Å². The van der Waals surface area contributed by atoms with Crippen LogP contribution >= 0.6 is 15.9 Å². The highest BCUT2D eigenvalue weighted by Crippen LogP contribution is 2.24. The number of halogens is 1. The average molecular weight is 339 g/mol. The Morgan fingerprint density at radius 1 is 1.50 bits per heavy atom. The number of ether oxygens (including phenoxy) is 1. The molecule has 1 unspecified atom stereocenters. The summed E-state index contributed by atoms with van der Waals surface area (Å²) in [5, 5.41) is 7.27. The molecule has 1 atom stereocenters. The van der Waals surface area contributed by atoms with Gasteiger partial charge in [0.05, 0.1) is 12.8 Å². The predicted molar refractivity (Wildman–Crippen MR) is 77.9 cm³/mol. The molecule has 0 spiro atoms. The summed E-state index contributed by atoms with van der Waals surface area (Å²) in [5.41, 5.74) is 1.95. The largest absolute Gasteiger partial charge is 0.463 e. The van der Waals surface area contributed by atoms with E-state index in [9.17, 15) is 4.79 Å². The Morgan fingerprint density at radius 2 is 2.25 bits per heavy atom. The zero-order valence-electron chi connectivity index (χ0n) is 11.4. The van der Waals surface area contributed by atoms with Crippen molar-refractivity contribution in [1.82, 2.24) is 20.1 Å². The number of esters is 1. The molecule has 0 aliphatic rings. The van der Waals surface area contributed by atoms with Crippen LogP contribution in [-0.2, 0) is 4.74 Å². The van der Waals surface area contributed by atoms with E-state index in [4.69, 9.17) is 0 Å². The summed E-state index contributed by atoms with van der Waals surface area (Å²) in [6, 6.07) is 6.18. The lowest BCUT2D eigenvalue weighted by Gasteiger charge is -2.12. The summed E-state index contributed by atoms with van der Waals surface area (Å²) in [4.78, 5) is 15.3. The number of hydrogen-bond acceptors (Lipinski definition) is 5. The van der Waals surface area contributed by atoms with Crippen LogP contribution in [0.2, 0.25) is 0 Å². The van der Waals surface area contributed by atoms with E-state index < -0.39 is 5.97 Å². The number of nitrogens with zero attached hydrogens (tertiary/aromatic N) is 3. The molecule has 1 aromatic carbocycles. The first kappa shape index (κ1) is 14.7. The van der Waals surface area contributed by atoms with Crippen molar-refractivity contribution in [2.45, 2.75) is 13.0 Å². The number of carbonyl (C=O) groups is 1. The van der Waals surface area contributed by atoms with Gasteiger partial charge in [0.25, 0.3) is 5.82 Å². The molecule has 2 aromatic rings. The second-order valence-corrected chi connectivity index (χ2v) is 5.08. The van der Waals surface area contributed by atoms with Crippen LogP contribution in [0.4, 0.5) is 0 Å². The standard InChI is InChI=1S/C13H15BrN4O2/c1-8(15-2)9-4-5-11(10(14)6-9)18-7-16-12(17-18)13(19)20-3/h4-8,15H,1-3H3. The van der Waals surface area contributed by atoms with Gasteiger partial charge >= 0.3 is 5.97 Å². The quantitative estimate of drug-likeness (QED) is 0.864. The Labute approximate surface area is 125 Å². The van der Waals surface area contributed by atoms with Crippen molar-refractivity contribution in [2.75, 3.05) is 14.2 Å². The second kappa shape index (κ2) is 6.15. The van der Waals surface area contributed by atoms with E-state index in [-0.39, 0.29) is 11.9 Å². The van der Waals surface area contributed by atoms with Gasteiger partial charge in [-0.25, -0.2) is 14.5 Å². The zero-order valence-corrected chi connectivity index (χ0v) is 13.0. The van der Waals surface area contributed by atoms with Crippen LogP contribution in [-0.4, -0.2) is 34.9 Å². The number of benzene rings is 1. The predicted octanol–water partition coefficient (Wildman–Crippen LogP) is 2.10. The molecule has 0 radical (unpaired) electrons. The van der Waals surface area contributed by atoms with Crippen molar-refractivity contribution in [3.05, 3.63) is 40.4 Å². The number of rotatable bonds is 4. The van der Waals surface area contributed by atoms with Crippen molar-refractivity contribution in [3.63, 3.8) is 0 Å². The van der Waals surface area contributed by atoms with E-state index in [1.165, 1.54) is 18.1 Å². The molecule has 0 saturated heterocycles. The average Bonchev–Trinajstić information content (AvgIpc) is 2.94. The minimum absolute atomic E-state index is 0.0343. The van der Waals surface area contributed by atoms with Crippen molar-refractivity contribution >= 4 is 21.9 Å². The molecule has 0 aliphatic carbocycles. The molecule has 0 aliphatic heterocycles. The van der Waals surface area contributed by atoms with E-state index in [1.54, 1.807) is 0 Å². The number of hydrogen-bond donors (Lipinski definition) is 1. The van der Waals surface area contributed by atoms with Crippen LogP contribution in [0.5, 0.6) is 0 Å². The van der Waals surface area contributed by atoms with Crippen LogP contribution in [0.1, 0.15) is 29.1 Å². The van der Waals surface area contributed by atoms with Gasteiger partial charge < -0.3 is 10.1 Å². The summed E-state index contributed by atoms with van der Waals surface area (Å²) in [5.74, 6) is -0.521. The minimum atomic E-state index is -0.555. The molecule has 2 rings (SSSR count). The monoisotopic (exact) mass is 338 g/mol. The fourth-order valence-corrected chi connectivity index (χ4v) is 2.29. The van der Waals surface area contributed by atoms with E-state index in [2.05, 4.69) is 43.0 Å². The lowest BCUT2D eigenvalue weighted by atomic mass is 10.1. The first-order chi connectivity index (χ1) is 9.56. The Balaban J connectivity index is 2.34. The fraction of sp³-hybridized carbons (Fsp3) is 0.308. The maximum Gasteiger partial charge on any atom is 0.377 e. The van der Waals surface area contributed by atoms with Crippen molar-refractivity contribution in [3.8, 4) is 5.69 Å². The van der Waals surface area contributed by atoms with E-state index >= 15 is 0 Å². The van der Waals surface area contributed by atoms with Gasteiger partial charge in [-0.05, 0) is 47.6 Å². The summed E-state index contributed by atoms with van der Waals surface area (Å²) in [6.07, 6.45) is 1.48. The molecule has 0 bridgehead atoms. The van der Waals surface area contributed by atoms with Crippen LogP contribution in [0.15, 0.2) is 29.0 Å². The topological polar surface area (TPSA) is 69.0 Å². The molecular weight excluding hydrogens is 324 g/mol. The minimum Gasteiger partial charge on any atom is -0.463 e. The summed E-state index contributed by atoms with van der Waals surface area (Å²) in [7, 11) is 3.21.